The van der Waals surface area contributed by atoms with Gasteiger partial charge < -0.3 is 4.90 Å². The molecule has 1 aromatic rings. The Morgan fingerprint density at radius 3 is 2.67 bits per heavy atom. The normalized spacial score (nSPS) is 22.1. The Bertz CT molecular complexity index is 546. The molecule has 18 heavy (non-hydrogen) atoms. The van der Waals surface area contributed by atoms with Gasteiger partial charge in [0.1, 0.15) is 0 Å². The largest absolute Gasteiger partial charge is 0.347 e. The van der Waals surface area contributed by atoms with Crippen LogP contribution in [0, 0.1) is 0 Å². The summed E-state index contributed by atoms with van der Waals surface area (Å²) in [7, 11) is 0. The maximum Gasteiger partial charge on any atom is 0.0554 e. The monoisotopic (exact) mass is 235 g/mol. The molecule has 0 aliphatic carbocycles. The second kappa shape index (κ2) is 4.69. The van der Waals surface area contributed by atoms with E-state index in [4.69, 9.17) is 0 Å². The van der Waals surface area contributed by atoms with Crippen LogP contribution in [0.1, 0.15) is 18.9 Å². The predicted molar refractivity (Wildman–Crippen MR) is 76.7 cm³/mol. The first-order chi connectivity index (χ1) is 8.83. The van der Waals surface area contributed by atoms with Gasteiger partial charge in [0.25, 0.3) is 0 Å². The van der Waals surface area contributed by atoms with E-state index in [2.05, 4.69) is 78.9 Å². The molecule has 0 fully saturated rings. The summed E-state index contributed by atoms with van der Waals surface area (Å²) in [5, 5.41) is 0. The van der Waals surface area contributed by atoms with E-state index in [1.807, 2.05) is 0 Å². The summed E-state index contributed by atoms with van der Waals surface area (Å²) in [5.74, 6) is 0. The van der Waals surface area contributed by atoms with E-state index in [9.17, 15) is 0 Å². The van der Waals surface area contributed by atoms with Crippen LogP contribution in [0.15, 0.2) is 72.6 Å². The van der Waals surface area contributed by atoms with Gasteiger partial charge >= 0.3 is 0 Å². The zero-order chi connectivity index (χ0) is 12.4. The van der Waals surface area contributed by atoms with Crippen LogP contribution in [0.4, 0.5) is 0 Å². The van der Waals surface area contributed by atoms with Gasteiger partial charge in [0.15, 0.2) is 0 Å². The van der Waals surface area contributed by atoms with Gasteiger partial charge in [0.05, 0.1) is 6.04 Å². The van der Waals surface area contributed by atoms with Gasteiger partial charge in [-0.2, -0.15) is 0 Å². The molecule has 0 bridgehead atoms. The van der Waals surface area contributed by atoms with Gasteiger partial charge in [0.2, 0.25) is 0 Å². The van der Waals surface area contributed by atoms with Crippen molar-refractivity contribution in [2.75, 3.05) is 0 Å². The lowest BCUT2D eigenvalue weighted by atomic mass is 9.99. The molecule has 3 rings (SSSR count). The summed E-state index contributed by atoms with van der Waals surface area (Å²) in [6, 6.07) is 11.0. The first-order valence-electron chi connectivity index (χ1n) is 6.41. The van der Waals surface area contributed by atoms with Gasteiger partial charge in [-0.25, -0.2) is 0 Å². The Balaban J connectivity index is 1.91. The lowest BCUT2D eigenvalue weighted by molar-refractivity contribution is 0.427. The molecule has 0 aromatic heterocycles. The van der Waals surface area contributed by atoms with E-state index in [0.29, 0.717) is 6.04 Å². The molecule has 1 nitrogen and oxygen atoms in total. The molecule has 1 aromatic carbocycles. The first kappa shape index (κ1) is 11.1. The molecule has 2 heterocycles. The maximum absolute atomic E-state index is 2.36. The molecule has 0 radical (unpaired) electrons. The molecule has 1 unspecified atom stereocenters. The number of hydrogen-bond donors (Lipinski definition) is 0. The highest BCUT2D eigenvalue weighted by Crippen LogP contribution is 2.26. The fraction of sp³-hybridized carbons (Fsp3) is 0.176. The van der Waals surface area contributed by atoms with Crippen LogP contribution in [0.2, 0.25) is 0 Å². The SMILES string of the molecule is CC1=CCC2C=C(c3ccccc3)C=CN2C=C1. The Hall–Kier alpha value is -2.02. The molecule has 0 spiro atoms. The van der Waals surface area contributed by atoms with Crippen molar-refractivity contribution in [3.05, 3.63) is 78.2 Å². The van der Waals surface area contributed by atoms with Crippen LogP contribution in [0.3, 0.4) is 0 Å². The van der Waals surface area contributed by atoms with Gasteiger partial charge in [-0.05, 0) is 36.6 Å². The molecule has 2 aliphatic heterocycles. The summed E-state index contributed by atoms with van der Waals surface area (Å²) in [5.41, 5.74) is 3.95. The van der Waals surface area contributed by atoms with Crippen molar-refractivity contribution in [3.63, 3.8) is 0 Å². The van der Waals surface area contributed by atoms with Crippen molar-refractivity contribution < 1.29 is 0 Å². The molecule has 0 saturated heterocycles. The molecule has 0 amide bonds. The molecular weight excluding hydrogens is 218 g/mol. The van der Waals surface area contributed by atoms with E-state index in [1.54, 1.807) is 0 Å². The van der Waals surface area contributed by atoms with E-state index in [1.165, 1.54) is 16.7 Å². The molecule has 0 N–H and O–H groups in total. The number of nitrogens with zero attached hydrogens (tertiary/aromatic N) is 1. The number of allylic oxidation sites excluding steroid dienone is 4. The second-order valence-electron chi connectivity index (χ2n) is 4.82. The fourth-order valence-electron chi connectivity index (χ4n) is 2.38. The molecular formula is C17H17N. The van der Waals surface area contributed by atoms with Gasteiger partial charge in [-0.3, -0.25) is 0 Å². The van der Waals surface area contributed by atoms with Crippen LogP contribution in [0.25, 0.3) is 5.57 Å². The Labute approximate surface area is 108 Å². The minimum atomic E-state index is 0.443. The molecule has 90 valence electrons. The van der Waals surface area contributed by atoms with Gasteiger partial charge in [-0.1, -0.05) is 48.1 Å². The average Bonchev–Trinajstić information content (AvgIpc) is 2.62. The van der Waals surface area contributed by atoms with Crippen molar-refractivity contribution >= 4 is 5.57 Å². The summed E-state index contributed by atoms with van der Waals surface area (Å²) < 4.78 is 0. The van der Waals surface area contributed by atoms with Gasteiger partial charge in [0, 0.05) is 12.4 Å². The number of rotatable bonds is 1. The highest BCUT2D eigenvalue weighted by molar-refractivity contribution is 5.75. The fourth-order valence-corrected chi connectivity index (χ4v) is 2.38. The quantitative estimate of drug-likeness (QED) is 0.707. The molecule has 2 aliphatic rings. The van der Waals surface area contributed by atoms with Crippen LogP contribution >= 0.6 is 0 Å². The third-order valence-electron chi connectivity index (χ3n) is 3.48. The standard InChI is InChI=1S/C17H17N/c1-14-7-8-17-13-16(10-12-18(17)11-9-14)15-5-3-2-4-6-15/h2-7,9-13,17H,8H2,1H3. The van der Waals surface area contributed by atoms with Gasteiger partial charge in [-0.15, -0.1) is 0 Å². The lowest BCUT2D eigenvalue weighted by Gasteiger charge is -2.27. The van der Waals surface area contributed by atoms with Crippen molar-refractivity contribution in [1.29, 1.82) is 0 Å². The third-order valence-corrected chi connectivity index (χ3v) is 3.48. The number of hydrogen-bond acceptors (Lipinski definition) is 1. The Morgan fingerprint density at radius 2 is 1.83 bits per heavy atom. The van der Waals surface area contributed by atoms with E-state index >= 15 is 0 Å². The number of fused-ring (bicyclic) bond motifs is 1. The summed E-state index contributed by atoms with van der Waals surface area (Å²) in [6.07, 6.45) is 14.4. The number of benzene rings is 1. The predicted octanol–water partition coefficient (Wildman–Crippen LogP) is 4.13. The highest BCUT2D eigenvalue weighted by atomic mass is 15.1. The third kappa shape index (κ3) is 2.17. The van der Waals surface area contributed by atoms with E-state index in [-0.39, 0.29) is 0 Å². The van der Waals surface area contributed by atoms with Crippen molar-refractivity contribution in [1.82, 2.24) is 4.90 Å². The minimum absolute atomic E-state index is 0.443. The lowest BCUT2D eigenvalue weighted by Crippen LogP contribution is -2.25. The topological polar surface area (TPSA) is 3.24 Å². The van der Waals surface area contributed by atoms with Crippen LogP contribution in [-0.4, -0.2) is 10.9 Å². The minimum Gasteiger partial charge on any atom is -0.347 e. The van der Waals surface area contributed by atoms with E-state index < -0.39 is 0 Å². The summed E-state index contributed by atoms with van der Waals surface area (Å²) in [4.78, 5) is 2.28. The first-order valence-corrected chi connectivity index (χ1v) is 6.41. The second-order valence-corrected chi connectivity index (χ2v) is 4.82. The maximum atomic E-state index is 2.36. The van der Waals surface area contributed by atoms with Crippen molar-refractivity contribution in [3.8, 4) is 0 Å². The van der Waals surface area contributed by atoms with Crippen LogP contribution in [-0.2, 0) is 0 Å². The van der Waals surface area contributed by atoms with Crippen LogP contribution in [0.5, 0.6) is 0 Å². The molecule has 1 atom stereocenters. The zero-order valence-corrected chi connectivity index (χ0v) is 10.6. The Morgan fingerprint density at radius 1 is 1.06 bits per heavy atom. The zero-order valence-electron chi connectivity index (χ0n) is 10.6. The average molecular weight is 235 g/mol. The van der Waals surface area contributed by atoms with Crippen LogP contribution < -0.4 is 0 Å². The Kier molecular flexibility index (Phi) is 2.89. The highest BCUT2D eigenvalue weighted by Gasteiger charge is 2.16. The summed E-state index contributed by atoms with van der Waals surface area (Å²) in [6.45, 7) is 2.15. The smallest absolute Gasteiger partial charge is 0.0554 e. The van der Waals surface area contributed by atoms with E-state index in [0.717, 1.165) is 6.42 Å². The molecule has 1 heteroatoms. The summed E-state index contributed by atoms with van der Waals surface area (Å²) >= 11 is 0. The molecule has 0 saturated carbocycles. The van der Waals surface area contributed by atoms with Crippen molar-refractivity contribution in [2.45, 2.75) is 19.4 Å². The van der Waals surface area contributed by atoms with Crippen molar-refractivity contribution in [2.24, 2.45) is 0 Å².